The molecule has 1 N–H and O–H groups in total. The first-order valence-electron chi connectivity index (χ1n) is 10.7. The number of nitrogens with one attached hydrogen (secondary N) is 1. The molecule has 4 rings (SSSR count). The van der Waals surface area contributed by atoms with Gasteiger partial charge in [-0.15, -0.1) is 10.2 Å². The molecule has 4 aromatic rings. The topological polar surface area (TPSA) is 95.1 Å². The van der Waals surface area contributed by atoms with Gasteiger partial charge in [-0.3, -0.25) is 9.36 Å². The fraction of sp³-hybridized carbons (Fsp3) is 0.250. The summed E-state index contributed by atoms with van der Waals surface area (Å²) in [6.45, 7) is 2.70. The molecule has 0 atom stereocenters. The van der Waals surface area contributed by atoms with Crippen LogP contribution in [0.2, 0.25) is 0 Å². The Bertz CT molecular complexity index is 1210. The zero-order chi connectivity index (χ0) is 23.0. The molecule has 0 aliphatic carbocycles. The fourth-order valence-electron chi connectivity index (χ4n) is 3.20. The molecule has 1 amide bonds. The van der Waals surface area contributed by atoms with Gasteiger partial charge in [-0.25, -0.2) is 4.98 Å². The highest BCUT2D eigenvalue weighted by atomic mass is 32.2. The Kier molecular flexibility index (Phi) is 7.41. The van der Waals surface area contributed by atoms with Crippen LogP contribution in [0.25, 0.3) is 17.1 Å². The standard InChI is InChI=1S/C24H25N5O3S/c1-3-4-13-25-23(30)20-15-32-21(26-20)16-33-24-28-27-22(17-9-8-12-19(14-17)31-2)29(24)18-10-6-5-7-11-18/h5-12,14-15H,3-4,13,16H2,1-2H3,(H,25,30). The molecule has 0 spiro atoms. The van der Waals surface area contributed by atoms with Gasteiger partial charge in [-0.05, 0) is 30.7 Å². The number of rotatable bonds is 10. The van der Waals surface area contributed by atoms with E-state index in [0.717, 1.165) is 29.8 Å². The quantitative estimate of drug-likeness (QED) is 0.268. The van der Waals surface area contributed by atoms with Gasteiger partial charge in [0.25, 0.3) is 5.91 Å². The predicted molar refractivity (Wildman–Crippen MR) is 127 cm³/mol. The molecule has 0 bridgehead atoms. The lowest BCUT2D eigenvalue weighted by atomic mass is 10.2. The average Bonchev–Trinajstić information content (AvgIpc) is 3.51. The molecule has 0 aliphatic rings. The number of carbonyl (C=O) groups is 1. The summed E-state index contributed by atoms with van der Waals surface area (Å²) >= 11 is 1.44. The summed E-state index contributed by atoms with van der Waals surface area (Å²) in [5.41, 5.74) is 2.11. The van der Waals surface area contributed by atoms with E-state index in [1.807, 2.05) is 59.2 Å². The zero-order valence-corrected chi connectivity index (χ0v) is 19.3. The number of nitrogens with zero attached hydrogens (tertiary/aromatic N) is 4. The maximum Gasteiger partial charge on any atom is 0.273 e. The van der Waals surface area contributed by atoms with E-state index in [1.165, 1.54) is 18.0 Å². The second kappa shape index (κ2) is 10.8. The molecule has 8 nitrogen and oxygen atoms in total. The van der Waals surface area contributed by atoms with Crippen molar-refractivity contribution in [1.29, 1.82) is 0 Å². The van der Waals surface area contributed by atoms with Crippen LogP contribution in [0.5, 0.6) is 5.75 Å². The average molecular weight is 464 g/mol. The third-order valence-electron chi connectivity index (χ3n) is 4.90. The van der Waals surface area contributed by atoms with Crippen LogP contribution in [0, 0.1) is 0 Å². The minimum Gasteiger partial charge on any atom is -0.497 e. The number of oxazole rings is 1. The van der Waals surface area contributed by atoms with Gasteiger partial charge >= 0.3 is 0 Å². The summed E-state index contributed by atoms with van der Waals surface area (Å²) in [5.74, 6) is 2.08. The fourth-order valence-corrected chi connectivity index (χ4v) is 4.00. The van der Waals surface area contributed by atoms with Crippen LogP contribution in [0.4, 0.5) is 0 Å². The van der Waals surface area contributed by atoms with Crippen molar-refractivity contribution < 1.29 is 13.9 Å². The summed E-state index contributed by atoms with van der Waals surface area (Å²) in [6, 6.07) is 17.6. The predicted octanol–water partition coefficient (Wildman–Crippen LogP) is 4.75. The lowest BCUT2D eigenvalue weighted by molar-refractivity contribution is 0.0948. The maximum atomic E-state index is 12.2. The summed E-state index contributed by atoms with van der Waals surface area (Å²) in [6.07, 6.45) is 3.33. The summed E-state index contributed by atoms with van der Waals surface area (Å²) < 4.78 is 12.9. The van der Waals surface area contributed by atoms with Crippen LogP contribution in [0.1, 0.15) is 36.1 Å². The van der Waals surface area contributed by atoms with Crippen molar-refractivity contribution >= 4 is 17.7 Å². The Morgan fingerprint density at radius 2 is 2.00 bits per heavy atom. The third-order valence-corrected chi connectivity index (χ3v) is 5.81. The van der Waals surface area contributed by atoms with Crippen LogP contribution in [0.3, 0.4) is 0 Å². The first-order chi connectivity index (χ1) is 16.2. The lowest BCUT2D eigenvalue weighted by Crippen LogP contribution is -2.24. The summed E-state index contributed by atoms with van der Waals surface area (Å²) in [7, 11) is 1.64. The van der Waals surface area contributed by atoms with Crippen molar-refractivity contribution in [2.45, 2.75) is 30.7 Å². The molecule has 2 aromatic heterocycles. The van der Waals surface area contributed by atoms with Gasteiger partial charge in [0.05, 0.1) is 12.9 Å². The van der Waals surface area contributed by atoms with Crippen LogP contribution in [-0.4, -0.2) is 39.3 Å². The van der Waals surface area contributed by atoms with Crippen molar-refractivity contribution in [3.8, 4) is 22.8 Å². The highest BCUT2D eigenvalue weighted by Crippen LogP contribution is 2.31. The second-order valence-electron chi connectivity index (χ2n) is 7.23. The number of carbonyl (C=O) groups excluding carboxylic acids is 1. The molecule has 0 fully saturated rings. The smallest absolute Gasteiger partial charge is 0.273 e. The number of thioether (sulfide) groups is 1. The molecule has 0 radical (unpaired) electrons. The molecule has 170 valence electrons. The van der Waals surface area contributed by atoms with Gasteiger partial charge in [0.15, 0.2) is 16.7 Å². The largest absolute Gasteiger partial charge is 0.497 e. The number of hydrogen-bond donors (Lipinski definition) is 1. The number of para-hydroxylation sites is 1. The molecule has 0 saturated heterocycles. The van der Waals surface area contributed by atoms with Gasteiger partial charge in [-0.1, -0.05) is 55.4 Å². The van der Waals surface area contributed by atoms with Crippen molar-refractivity contribution in [3.63, 3.8) is 0 Å². The molecular formula is C24H25N5O3S. The highest BCUT2D eigenvalue weighted by molar-refractivity contribution is 7.98. The van der Waals surface area contributed by atoms with E-state index in [2.05, 4.69) is 27.4 Å². The summed E-state index contributed by atoms with van der Waals surface area (Å²) in [5, 5.41) is 12.4. The van der Waals surface area contributed by atoms with Gasteiger partial charge in [-0.2, -0.15) is 0 Å². The number of ether oxygens (including phenoxy) is 1. The Balaban J connectivity index is 1.56. The van der Waals surface area contributed by atoms with Gasteiger partial charge in [0, 0.05) is 17.8 Å². The zero-order valence-electron chi connectivity index (χ0n) is 18.5. The molecule has 0 saturated carbocycles. The van der Waals surface area contributed by atoms with E-state index in [0.29, 0.717) is 29.2 Å². The van der Waals surface area contributed by atoms with Crippen LogP contribution < -0.4 is 10.1 Å². The Morgan fingerprint density at radius 1 is 1.15 bits per heavy atom. The number of hydrogen-bond acceptors (Lipinski definition) is 7. The molecule has 0 unspecified atom stereocenters. The second-order valence-corrected chi connectivity index (χ2v) is 8.18. The van der Waals surface area contributed by atoms with Crippen LogP contribution in [0.15, 0.2) is 70.4 Å². The van der Waals surface area contributed by atoms with Crippen LogP contribution >= 0.6 is 11.8 Å². The first kappa shape index (κ1) is 22.6. The molecule has 2 heterocycles. The maximum absolute atomic E-state index is 12.2. The van der Waals surface area contributed by atoms with E-state index in [1.54, 1.807) is 7.11 Å². The minimum atomic E-state index is -0.226. The number of methoxy groups -OCH3 is 1. The normalized spacial score (nSPS) is 10.8. The number of aromatic nitrogens is 4. The van der Waals surface area contributed by atoms with E-state index in [9.17, 15) is 4.79 Å². The SMILES string of the molecule is CCCCNC(=O)c1coc(CSc2nnc(-c3cccc(OC)c3)n2-c2ccccc2)n1. The molecule has 0 aliphatic heterocycles. The van der Waals surface area contributed by atoms with E-state index >= 15 is 0 Å². The van der Waals surface area contributed by atoms with E-state index in [-0.39, 0.29) is 11.6 Å². The van der Waals surface area contributed by atoms with E-state index < -0.39 is 0 Å². The van der Waals surface area contributed by atoms with Crippen molar-refractivity contribution in [2.24, 2.45) is 0 Å². The lowest BCUT2D eigenvalue weighted by Gasteiger charge is -2.10. The molecular weight excluding hydrogens is 438 g/mol. The monoisotopic (exact) mass is 463 g/mol. The van der Waals surface area contributed by atoms with Gasteiger partial charge < -0.3 is 14.5 Å². The van der Waals surface area contributed by atoms with Crippen molar-refractivity contribution in [1.82, 2.24) is 25.1 Å². The number of benzene rings is 2. The third kappa shape index (κ3) is 5.43. The summed E-state index contributed by atoms with van der Waals surface area (Å²) in [4.78, 5) is 16.5. The van der Waals surface area contributed by atoms with Crippen molar-refractivity contribution in [2.75, 3.05) is 13.7 Å². The van der Waals surface area contributed by atoms with Gasteiger partial charge in [0.1, 0.15) is 12.0 Å². The van der Waals surface area contributed by atoms with Gasteiger partial charge in [0.2, 0.25) is 5.89 Å². The van der Waals surface area contributed by atoms with E-state index in [4.69, 9.17) is 9.15 Å². The molecule has 9 heteroatoms. The highest BCUT2D eigenvalue weighted by Gasteiger charge is 2.18. The Hall–Kier alpha value is -3.59. The minimum absolute atomic E-state index is 0.226. The first-order valence-corrected chi connectivity index (χ1v) is 11.7. The Morgan fingerprint density at radius 3 is 2.79 bits per heavy atom. The number of unbranched alkanes of at least 4 members (excludes halogenated alkanes) is 1. The molecule has 2 aromatic carbocycles. The van der Waals surface area contributed by atoms with Crippen LogP contribution in [-0.2, 0) is 5.75 Å². The molecule has 33 heavy (non-hydrogen) atoms. The van der Waals surface area contributed by atoms with Crippen molar-refractivity contribution in [3.05, 3.63) is 72.4 Å². The Labute approximate surface area is 196 Å². The number of amides is 1.